The summed E-state index contributed by atoms with van der Waals surface area (Å²) in [5.41, 5.74) is -3.52. The van der Waals surface area contributed by atoms with Gasteiger partial charge in [0.2, 0.25) is 0 Å². The van der Waals surface area contributed by atoms with Crippen molar-refractivity contribution in [3.8, 4) is 0 Å². The zero-order chi connectivity index (χ0) is 13.8. The summed E-state index contributed by atoms with van der Waals surface area (Å²) >= 11 is 0. The summed E-state index contributed by atoms with van der Waals surface area (Å²) in [6.07, 6.45) is -7.03. The van der Waals surface area contributed by atoms with Gasteiger partial charge >= 0.3 is 12.1 Å². The van der Waals surface area contributed by atoms with Crippen LogP contribution in [0.2, 0.25) is 0 Å². The first-order chi connectivity index (χ1) is 8.31. The van der Waals surface area contributed by atoms with Crippen LogP contribution in [0.4, 0.5) is 13.2 Å². The van der Waals surface area contributed by atoms with Gasteiger partial charge in [0.05, 0.1) is 19.8 Å². The molecular formula is C10H15F3O5. The SMILES string of the molecule is CCOC(=O)[C@@](O)(CCC1OCCO1)C(F)(F)F. The fraction of sp³-hybridized carbons (Fsp3) is 0.900. The molecule has 0 spiro atoms. The molecule has 1 atom stereocenters. The zero-order valence-corrected chi connectivity index (χ0v) is 9.83. The van der Waals surface area contributed by atoms with Crippen molar-refractivity contribution in [2.75, 3.05) is 19.8 Å². The lowest BCUT2D eigenvalue weighted by atomic mass is 9.97. The third-order valence-electron chi connectivity index (χ3n) is 2.51. The lowest BCUT2D eigenvalue weighted by Crippen LogP contribution is -2.53. The van der Waals surface area contributed by atoms with E-state index in [0.29, 0.717) is 0 Å². The second kappa shape index (κ2) is 5.85. The Labute approximate surface area is 102 Å². The van der Waals surface area contributed by atoms with Crippen molar-refractivity contribution in [1.29, 1.82) is 0 Å². The van der Waals surface area contributed by atoms with Crippen molar-refractivity contribution in [3.63, 3.8) is 0 Å². The molecule has 18 heavy (non-hydrogen) atoms. The largest absolute Gasteiger partial charge is 0.464 e. The molecule has 8 heteroatoms. The molecule has 0 amide bonds. The molecule has 1 aliphatic heterocycles. The fourth-order valence-corrected chi connectivity index (χ4v) is 1.51. The monoisotopic (exact) mass is 272 g/mol. The minimum atomic E-state index is -5.10. The Morgan fingerprint density at radius 1 is 1.39 bits per heavy atom. The van der Waals surface area contributed by atoms with E-state index in [9.17, 15) is 23.1 Å². The van der Waals surface area contributed by atoms with Crippen LogP contribution >= 0.6 is 0 Å². The molecule has 0 aromatic rings. The van der Waals surface area contributed by atoms with Crippen LogP contribution in [0.15, 0.2) is 0 Å². The van der Waals surface area contributed by atoms with Crippen LogP contribution < -0.4 is 0 Å². The van der Waals surface area contributed by atoms with Gasteiger partial charge in [-0.3, -0.25) is 0 Å². The van der Waals surface area contributed by atoms with Crippen molar-refractivity contribution in [2.45, 2.75) is 37.8 Å². The number of carbonyl (C=O) groups excluding carboxylic acids is 1. The number of halogens is 3. The average Bonchev–Trinajstić information content (AvgIpc) is 2.77. The molecule has 0 saturated carbocycles. The molecule has 0 radical (unpaired) electrons. The van der Waals surface area contributed by atoms with Gasteiger partial charge in [0, 0.05) is 12.8 Å². The van der Waals surface area contributed by atoms with Crippen molar-refractivity contribution < 1.29 is 37.3 Å². The van der Waals surface area contributed by atoms with Crippen LogP contribution in [0.25, 0.3) is 0 Å². The maximum atomic E-state index is 12.7. The summed E-state index contributed by atoms with van der Waals surface area (Å²) in [7, 11) is 0. The molecule has 1 N–H and O–H groups in total. The maximum Gasteiger partial charge on any atom is 0.428 e. The summed E-state index contributed by atoms with van der Waals surface area (Å²) in [5.74, 6) is -1.70. The van der Waals surface area contributed by atoms with Crippen LogP contribution in [-0.4, -0.2) is 49.0 Å². The Kier molecular flexibility index (Phi) is 4.94. The third kappa shape index (κ3) is 3.33. The first-order valence-electron chi connectivity index (χ1n) is 5.51. The molecule has 0 bridgehead atoms. The highest BCUT2D eigenvalue weighted by atomic mass is 19.4. The number of hydrogen-bond donors (Lipinski definition) is 1. The van der Waals surface area contributed by atoms with Crippen LogP contribution in [-0.2, 0) is 19.0 Å². The minimum Gasteiger partial charge on any atom is -0.464 e. The van der Waals surface area contributed by atoms with Crippen molar-refractivity contribution in [3.05, 3.63) is 0 Å². The van der Waals surface area contributed by atoms with E-state index in [2.05, 4.69) is 4.74 Å². The van der Waals surface area contributed by atoms with Gasteiger partial charge in [0.15, 0.2) is 6.29 Å². The van der Waals surface area contributed by atoms with Crippen molar-refractivity contribution in [2.24, 2.45) is 0 Å². The number of carbonyl (C=O) groups is 1. The van der Waals surface area contributed by atoms with E-state index in [-0.39, 0.29) is 26.2 Å². The molecule has 1 rings (SSSR count). The number of esters is 1. The Morgan fingerprint density at radius 3 is 2.39 bits per heavy atom. The molecule has 0 aliphatic carbocycles. The van der Waals surface area contributed by atoms with E-state index in [0.717, 1.165) is 0 Å². The van der Waals surface area contributed by atoms with Crippen LogP contribution in [0.3, 0.4) is 0 Å². The summed E-state index contributed by atoms with van der Waals surface area (Å²) in [6, 6.07) is 0. The molecule has 0 aromatic heterocycles. The Bertz CT molecular complexity index is 288. The predicted molar refractivity (Wildman–Crippen MR) is 52.6 cm³/mol. The molecule has 0 unspecified atom stereocenters. The first-order valence-corrected chi connectivity index (χ1v) is 5.51. The molecule has 1 saturated heterocycles. The molecule has 1 fully saturated rings. The Hall–Kier alpha value is -0.860. The van der Waals surface area contributed by atoms with Gasteiger partial charge in [0.25, 0.3) is 5.60 Å². The number of hydrogen-bond acceptors (Lipinski definition) is 5. The van der Waals surface area contributed by atoms with E-state index in [1.807, 2.05) is 0 Å². The van der Waals surface area contributed by atoms with E-state index >= 15 is 0 Å². The van der Waals surface area contributed by atoms with Gasteiger partial charge in [-0.25, -0.2) is 4.79 Å². The lowest BCUT2D eigenvalue weighted by molar-refractivity contribution is -0.267. The van der Waals surface area contributed by atoms with Crippen LogP contribution in [0.5, 0.6) is 0 Å². The minimum absolute atomic E-state index is 0.241. The summed E-state index contributed by atoms with van der Waals surface area (Å²) in [6.45, 7) is 1.69. The number of ether oxygens (including phenoxy) is 3. The van der Waals surface area contributed by atoms with E-state index in [1.165, 1.54) is 6.92 Å². The molecule has 1 heterocycles. The van der Waals surface area contributed by atoms with Gasteiger partial charge in [-0.2, -0.15) is 13.2 Å². The topological polar surface area (TPSA) is 65.0 Å². The number of rotatable bonds is 5. The number of alkyl halides is 3. The molecule has 106 valence electrons. The second-order valence-electron chi connectivity index (χ2n) is 3.79. The lowest BCUT2D eigenvalue weighted by Gasteiger charge is -2.28. The van der Waals surface area contributed by atoms with Gasteiger partial charge in [-0.15, -0.1) is 0 Å². The van der Waals surface area contributed by atoms with E-state index < -0.39 is 30.5 Å². The average molecular weight is 272 g/mol. The quantitative estimate of drug-likeness (QED) is 0.756. The van der Waals surface area contributed by atoms with Gasteiger partial charge in [-0.05, 0) is 6.92 Å². The molecular weight excluding hydrogens is 257 g/mol. The second-order valence-corrected chi connectivity index (χ2v) is 3.79. The Morgan fingerprint density at radius 2 is 1.94 bits per heavy atom. The standard InChI is InChI=1S/C10H15F3O5/c1-2-16-8(14)9(15,10(11,12)13)4-3-7-17-5-6-18-7/h7,15H,2-6H2,1H3/t9-/m0/s1. The number of aliphatic hydroxyl groups is 1. The molecule has 0 aromatic carbocycles. The normalized spacial score (nSPS) is 20.7. The van der Waals surface area contributed by atoms with Crippen LogP contribution in [0, 0.1) is 0 Å². The fourth-order valence-electron chi connectivity index (χ4n) is 1.51. The smallest absolute Gasteiger partial charge is 0.428 e. The highest BCUT2D eigenvalue weighted by Gasteiger charge is 2.60. The summed E-state index contributed by atoms with van der Waals surface area (Å²) in [4.78, 5) is 11.2. The summed E-state index contributed by atoms with van der Waals surface area (Å²) < 4.78 is 52.3. The first kappa shape index (κ1) is 15.2. The zero-order valence-electron chi connectivity index (χ0n) is 9.83. The molecule has 1 aliphatic rings. The van der Waals surface area contributed by atoms with Gasteiger partial charge in [0.1, 0.15) is 0 Å². The van der Waals surface area contributed by atoms with Gasteiger partial charge < -0.3 is 19.3 Å². The third-order valence-corrected chi connectivity index (χ3v) is 2.51. The van der Waals surface area contributed by atoms with E-state index in [1.54, 1.807) is 0 Å². The van der Waals surface area contributed by atoms with Gasteiger partial charge in [-0.1, -0.05) is 0 Å². The maximum absolute atomic E-state index is 12.7. The summed E-state index contributed by atoms with van der Waals surface area (Å²) in [5, 5.41) is 9.50. The van der Waals surface area contributed by atoms with E-state index in [4.69, 9.17) is 9.47 Å². The predicted octanol–water partition coefficient (Wildman–Crippen LogP) is 0.996. The Balaban J connectivity index is 2.68. The highest BCUT2D eigenvalue weighted by molar-refractivity contribution is 5.80. The highest BCUT2D eigenvalue weighted by Crippen LogP contribution is 2.36. The van der Waals surface area contributed by atoms with Crippen molar-refractivity contribution in [1.82, 2.24) is 0 Å². The molecule has 5 nitrogen and oxygen atoms in total. The van der Waals surface area contributed by atoms with Crippen molar-refractivity contribution >= 4 is 5.97 Å². The van der Waals surface area contributed by atoms with Crippen LogP contribution in [0.1, 0.15) is 19.8 Å².